The van der Waals surface area contributed by atoms with Crippen molar-refractivity contribution in [2.24, 2.45) is 0 Å². The van der Waals surface area contributed by atoms with Crippen LogP contribution in [0.3, 0.4) is 0 Å². The van der Waals surface area contributed by atoms with Gasteiger partial charge in [0.05, 0.1) is 21.8 Å². The smallest absolute Gasteiger partial charge is 0.339 e. The number of amides is 1. The lowest BCUT2D eigenvalue weighted by Gasteiger charge is -2.14. The van der Waals surface area contributed by atoms with Crippen LogP contribution in [0, 0.1) is 0 Å². The van der Waals surface area contributed by atoms with Crippen molar-refractivity contribution in [3.8, 4) is 16.4 Å². The number of aryl methyl sites for hydroxylation is 1. The van der Waals surface area contributed by atoms with Gasteiger partial charge in [0.15, 0.2) is 0 Å². The summed E-state index contributed by atoms with van der Waals surface area (Å²) in [6, 6.07) is 6.78. The zero-order valence-electron chi connectivity index (χ0n) is 15.8. The van der Waals surface area contributed by atoms with Crippen molar-refractivity contribution >= 4 is 22.9 Å². The molecule has 160 valence electrons. The highest BCUT2D eigenvalue weighted by Gasteiger charge is 2.31. The van der Waals surface area contributed by atoms with E-state index in [2.05, 4.69) is 25.5 Å². The maximum atomic E-state index is 13.1. The molecule has 4 aromatic rings. The molecule has 4 rings (SSSR count). The van der Waals surface area contributed by atoms with Crippen molar-refractivity contribution in [1.82, 2.24) is 24.9 Å². The van der Waals surface area contributed by atoms with Gasteiger partial charge in [-0.1, -0.05) is 11.2 Å². The second kappa shape index (κ2) is 8.68. The topological polar surface area (TPSA) is 98.7 Å². The fourth-order valence-electron chi connectivity index (χ4n) is 2.82. The minimum atomic E-state index is -4.54. The molecule has 0 saturated carbocycles. The lowest BCUT2D eigenvalue weighted by atomic mass is 10.1. The molecule has 3 aromatic heterocycles. The molecule has 31 heavy (non-hydrogen) atoms. The molecule has 0 fully saturated rings. The first-order valence-electron chi connectivity index (χ1n) is 9.13. The maximum Gasteiger partial charge on any atom is 0.416 e. The van der Waals surface area contributed by atoms with Crippen LogP contribution >= 0.6 is 11.3 Å². The number of benzene rings is 1. The van der Waals surface area contributed by atoms with Crippen molar-refractivity contribution in [2.75, 3.05) is 5.32 Å². The van der Waals surface area contributed by atoms with Crippen LogP contribution in [0.2, 0.25) is 0 Å². The van der Waals surface area contributed by atoms with Gasteiger partial charge in [-0.2, -0.15) is 23.3 Å². The fraction of sp³-hybridized carbons (Fsp3) is 0.211. The Morgan fingerprint density at radius 2 is 2.13 bits per heavy atom. The van der Waals surface area contributed by atoms with E-state index in [0.29, 0.717) is 24.6 Å². The second-order valence-electron chi connectivity index (χ2n) is 6.46. The lowest BCUT2D eigenvalue weighted by molar-refractivity contribution is -0.137. The highest BCUT2D eigenvalue weighted by molar-refractivity contribution is 7.13. The molecular weight excluding hydrogens is 433 g/mol. The quantitative estimate of drug-likeness (QED) is 0.451. The maximum absolute atomic E-state index is 13.1. The molecule has 1 N–H and O–H groups in total. The minimum absolute atomic E-state index is 0.0110. The third kappa shape index (κ3) is 4.97. The number of nitrogens with one attached hydrogen (secondary N) is 1. The van der Waals surface area contributed by atoms with E-state index in [1.54, 1.807) is 0 Å². The number of anilines is 1. The van der Waals surface area contributed by atoms with E-state index in [4.69, 9.17) is 4.52 Å². The van der Waals surface area contributed by atoms with Crippen LogP contribution in [-0.4, -0.2) is 30.8 Å². The molecule has 1 aromatic carbocycles. The predicted octanol–water partition coefficient (Wildman–Crippen LogP) is 4.36. The normalized spacial score (nSPS) is 11.6. The van der Waals surface area contributed by atoms with Crippen LogP contribution in [0.15, 0.2) is 52.9 Å². The summed E-state index contributed by atoms with van der Waals surface area (Å²) >= 11 is 1.48. The van der Waals surface area contributed by atoms with E-state index in [9.17, 15) is 18.0 Å². The first-order chi connectivity index (χ1) is 14.9. The molecule has 12 heteroatoms. The van der Waals surface area contributed by atoms with E-state index in [1.807, 2.05) is 17.5 Å². The van der Waals surface area contributed by atoms with Gasteiger partial charge in [0.25, 0.3) is 0 Å². The molecule has 0 atom stereocenters. The van der Waals surface area contributed by atoms with Gasteiger partial charge in [0.2, 0.25) is 17.6 Å². The number of thiophene rings is 1. The number of aromatic nitrogens is 5. The Morgan fingerprint density at radius 1 is 1.26 bits per heavy atom. The molecule has 0 aliphatic carbocycles. The summed E-state index contributed by atoms with van der Waals surface area (Å²) < 4.78 is 45.8. The summed E-state index contributed by atoms with van der Waals surface area (Å²) in [4.78, 5) is 21.3. The molecule has 1 amide bonds. The average molecular weight is 448 g/mol. The first kappa shape index (κ1) is 20.7. The lowest BCUT2D eigenvalue weighted by Crippen LogP contribution is -2.15. The Kier molecular flexibility index (Phi) is 5.80. The Labute approximate surface area is 177 Å². The van der Waals surface area contributed by atoms with Crippen molar-refractivity contribution < 1.29 is 22.5 Å². The number of carbonyl (C=O) groups is 1. The zero-order chi connectivity index (χ0) is 21.8. The van der Waals surface area contributed by atoms with Gasteiger partial charge < -0.3 is 9.84 Å². The van der Waals surface area contributed by atoms with Crippen molar-refractivity contribution in [1.29, 1.82) is 0 Å². The minimum Gasteiger partial charge on any atom is -0.339 e. The average Bonchev–Trinajstić information content (AvgIpc) is 3.49. The van der Waals surface area contributed by atoms with E-state index < -0.39 is 17.6 Å². The van der Waals surface area contributed by atoms with Gasteiger partial charge in [0.1, 0.15) is 12.7 Å². The second-order valence-corrected chi connectivity index (χ2v) is 7.41. The fourth-order valence-corrected chi connectivity index (χ4v) is 3.47. The van der Waals surface area contributed by atoms with E-state index in [0.717, 1.165) is 17.0 Å². The molecule has 0 aliphatic rings. The molecule has 0 saturated heterocycles. The third-order valence-electron chi connectivity index (χ3n) is 4.27. The van der Waals surface area contributed by atoms with Crippen molar-refractivity contribution in [3.05, 3.63) is 59.8 Å². The number of hydrogen-bond donors (Lipinski definition) is 1. The van der Waals surface area contributed by atoms with E-state index >= 15 is 0 Å². The predicted molar refractivity (Wildman–Crippen MR) is 106 cm³/mol. The van der Waals surface area contributed by atoms with Gasteiger partial charge in [0, 0.05) is 12.8 Å². The van der Waals surface area contributed by atoms with E-state index in [1.165, 1.54) is 34.7 Å². The highest BCUT2D eigenvalue weighted by Crippen LogP contribution is 2.33. The molecule has 0 spiro atoms. The molecule has 0 bridgehead atoms. The van der Waals surface area contributed by atoms with Gasteiger partial charge in [-0.3, -0.25) is 4.79 Å². The largest absolute Gasteiger partial charge is 0.416 e. The molecule has 0 aliphatic heterocycles. The Bertz CT molecular complexity index is 1160. The van der Waals surface area contributed by atoms with Crippen molar-refractivity contribution in [3.63, 3.8) is 0 Å². The number of rotatable bonds is 7. The Morgan fingerprint density at radius 3 is 2.84 bits per heavy atom. The van der Waals surface area contributed by atoms with Crippen molar-refractivity contribution in [2.45, 2.75) is 25.4 Å². The Balaban J connectivity index is 1.41. The molecule has 3 heterocycles. The van der Waals surface area contributed by atoms with Crippen LogP contribution in [0.5, 0.6) is 0 Å². The summed E-state index contributed by atoms with van der Waals surface area (Å²) in [6.45, 7) is 0. The molecule has 8 nitrogen and oxygen atoms in total. The molecular formula is C19H15F3N6O2S. The van der Waals surface area contributed by atoms with Crippen LogP contribution < -0.4 is 5.32 Å². The van der Waals surface area contributed by atoms with Crippen LogP contribution in [-0.2, 0) is 17.4 Å². The molecule has 0 radical (unpaired) electrons. The number of alkyl halides is 3. The summed E-state index contributed by atoms with van der Waals surface area (Å²) in [5.41, 5.74) is -0.613. The summed E-state index contributed by atoms with van der Waals surface area (Å²) in [7, 11) is 0. The summed E-state index contributed by atoms with van der Waals surface area (Å²) in [5, 5.41) is 12.2. The number of carbonyl (C=O) groups excluding carboxylic acids is 1. The van der Waals surface area contributed by atoms with Gasteiger partial charge in [-0.15, -0.1) is 11.3 Å². The summed E-state index contributed by atoms with van der Waals surface area (Å²) in [6.07, 6.45) is -1.15. The first-order valence-corrected chi connectivity index (χ1v) is 10.0. The van der Waals surface area contributed by atoms with Crippen LogP contribution in [0.25, 0.3) is 16.4 Å². The van der Waals surface area contributed by atoms with Crippen LogP contribution in [0.1, 0.15) is 24.3 Å². The zero-order valence-corrected chi connectivity index (χ0v) is 16.7. The van der Waals surface area contributed by atoms with Crippen LogP contribution in [0.4, 0.5) is 18.9 Å². The van der Waals surface area contributed by atoms with Gasteiger partial charge in [-0.25, -0.2) is 9.67 Å². The number of halogens is 3. The van der Waals surface area contributed by atoms with Gasteiger partial charge >= 0.3 is 6.18 Å². The SMILES string of the molecule is O=C(CCCc1nc(-c2cccs2)no1)Nc1cc(C(F)(F)F)ccc1-n1cncn1. The number of nitrogens with zero attached hydrogens (tertiary/aromatic N) is 5. The molecule has 0 unspecified atom stereocenters. The van der Waals surface area contributed by atoms with E-state index in [-0.39, 0.29) is 17.8 Å². The number of hydrogen-bond acceptors (Lipinski definition) is 7. The summed E-state index contributed by atoms with van der Waals surface area (Å²) in [5.74, 6) is 0.424. The highest BCUT2D eigenvalue weighted by atomic mass is 32.1. The monoisotopic (exact) mass is 448 g/mol. The third-order valence-corrected chi connectivity index (χ3v) is 5.13. The standard InChI is InChI=1S/C19H15F3N6O2S/c20-19(21,22)12-6-7-14(28-11-23-10-24-28)13(9-12)25-16(29)4-1-5-17-26-18(27-30-17)15-3-2-8-31-15/h2-3,6-11H,1,4-5H2,(H,25,29). The Hall–Kier alpha value is -3.54. The van der Waals surface area contributed by atoms with Gasteiger partial charge in [-0.05, 0) is 36.1 Å².